The normalized spacial score (nSPS) is 17.1. The first-order chi connectivity index (χ1) is 12.9. The number of nitrogens with zero attached hydrogens (tertiary/aromatic N) is 2. The number of hydrogen-bond donors (Lipinski definition) is 1. The first-order valence-electron chi connectivity index (χ1n) is 8.81. The molecule has 2 aromatic heterocycles. The van der Waals surface area contributed by atoms with E-state index in [4.69, 9.17) is 9.15 Å². The van der Waals surface area contributed by atoms with Gasteiger partial charge in [-0.2, -0.15) is 5.10 Å². The lowest BCUT2D eigenvalue weighted by molar-refractivity contribution is -0.150. The van der Waals surface area contributed by atoms with Gasteiger partial charge < -0.3 is 9.15 Å². The van der Waals surface area contributed by atoms with E-state index in [-0.39, 0.29) is 18.5 Å². The van der Waals surface area contributed by atoms with Crippen molar-refractivity contribution in [2.24, 2.45) is 5.10 Å². The largest absolute Gasteiger partial charge is 0.467 e. The highest BCUT2D eigenvalue weighted by Crippen LogP contribution is 2.33. The number of nitrogens with one attached hydrogen (secondary N) is 1. The molecule has 0 saturated carbocycles. The van der Waals surface area contributed by atoms with Crippen LogP contribution in [-0.2, 0) is 14.3 Å². The molecule has 0 fully saturated rings. The first kappa shape index (κ1) is 19.3. The Morgan fingerprint density at radius 2 is 2.22 bits per heavy atom. The van der Waals surface area contributed by atoms with E-state index < -0.39 is 11.5 Å². The van der Waals surface area contributed by atoms with Crippen molar-refractivity contribution in [3.63, 3.8) is 0 Å². The predicted octanol–water partition coefficient (Wildman–Crippen LogP) is 2.95. The fourth-order valence-corrected chi connectivity index (χ4v) is 3.52. The number of hydrogen-bond acceptors (Lipinski definition) is 7. The first-order valence-corrected chi connectivity index (χ1v) is 9.69. The number of ether oxygens (including phenoxy) is 1. The fraction of sp³-hybridized carbons (Fsp3) is 0.421. The Morgan fingerprint density at radius 1 is 1.41 bits per heavy atom. The van der Waals surface area contributed by atoms with Crippen molar-refractivity contribution in [1.82, 2.24) is 10.3 Å². The van der Waals surface area contributed by atoms with Crippen LogP contribution in [0.5, 0.6) is 0 Å². The molecule has 0 aromatic carbocycles. The van der Waals surface area contributed by atoms with E-state index in [0.717, 1.165) is 10.6 Å². The standard InChI is InChI=1S/C19H23N3O4S/c1-4-25-18(24)19(2,3)20-12-17(23)22-14(15-7-5-9-26-15)11-13(21-22)16-8-6-10-27-16/h5-10,14,20H,4,11-12H2,1-3H3. The summed E-state index contributed by atoms with van der Waals surface area (Å²) in [6, 6.07) is 7.28. The summed E-state index contributed by atoms with van der Waals surface area (Å²) >= 11 is 1.58. The van der Waals surface area contributed by atoms with E-state index in [1.54, 1.807) is 44.4 Å². The van der Waals surface area contributed by atoms with Crippen LogP contribution in [0.1, 0.15) is 43.9 Å². The number of rotatable bonds is 7. The van der Waals surface area contributed by atoms with E-state index >= 15 is 0 Å². The molecular weight excluding hydrogens is 366 g/mol. The molecule has 0 aliphatic carbocycles. The molecule has 1 unspecified atom stereocenters. The van der Waals surface area contributed by atoms with Crippen LogP contribution in [0.25, 0.3) is 0 Å². The van der Waals surface area contributed by atoms with Crippen LogP contribution in [0, 0.1) is 0 Å². The Kier molecular flexibility index (Phi) is 5.76. The number of thiophene rings is 1. The zero-order valence-corrected chi connectivity index (χ0v) is 16.4. The van der Waals surface area contributed by atoms with Gasteiger partial charge in [-0.1, -0.05) is 6.07 Å². The molecule has 1 N–H and O–H groups in total. The summed E-state index contributed by atoms with van der Waals surface area (Å²) in [7, 11) is 0. The molecule has 0 radical (unpaired) electrons. The summed E-state index contributed by atoms with van der Waals surface area (Å²) in [5.74, 6) is 0.0493. The summed E-state index contributed by atoms with van der Waals surface area (Å²) < 4.78 is 10.6. The van der Waals surface area contributed by atoms with Gasteiger partial charge in [0.25, 0.3) is 5.91 Å². The average Bonchev–Trinajstić information content (AvgIpc) is 3.40. The summed E-state index contributed by atoms with van der Waals surface area (Å²) in [6.07, 6.45) is 2.17. The molecule has 0 spiro atoms. The quantitative estimate of drug-likeness (QED) is 0.736. The van der Waals surface area contributed by atoms with Gasteiger partial charge in [0, 0.05) is 6.42 Å². The van der Waals surface area contributed by atoms with Crippen LogP contribution in [-0.4, -0.2) is 41.3 Å². The maximum Gasteiger partial charge on any atom is 0.325 e. The number of hydrazone groups is 1. The second-order valence-corrected chi connectivity index (χ2v) is 7.64. The van der Waals surface area contributed by atoms with Crippen LogP contribution in [0.3, 0.4) is 0 Å². The third-order valence-corrected chi connectivity index (χ3v) is 5.23. The van der Waals surface area contributed by atoms with Crippen molar-refractivity contribution in [2.75, 3.05) is 13.2 Å². The molecule has 1 aliphatic heterocycles. The molecule has 0 bridgehead atoms. The van der Waals surface area contributed by atoms with Crippen LogP contribution in [0.2, 0.25) is 0 Å². The predicted molar refractivity (Wildman–Crippen MR) is 102 cm³/mol. The monoisotopic (exact) mass is 389 g/mol. The van der Waals surface area contributed by atoms with Gasteiger partial charge in [0.05, 0.1) is 30.0 Å². The molecule has 0 saturated heterocycles. The van der Waals surface area contributed by atoms with Crippen LogP contribution in [0.15, 0.2) is 45.4 Å². The summed E-state index contributed by atoms with van der Waals surface area (Å²) in [4.78, 5) is 25.9. The molecular formula is C19H23N3O4S. The number of carbonyl (C=O) groups is 2. The lowest BCUT2D eigenvalue weighted by Crippen LogP contribution is -2.51. The summed E-state index contributed by atoms with van der Waals surface area (Å²) in [5.41, 5.74) is -0.115. The zero-order chi connectivity index (χ0) is 19.4. The molecule has 3 rings (SSSR count). The van der Waals surface area contributed by atoms with Gasteiger partial charge in [0.2, 0.25) is 0 Å². The van der Waals surface area contributed by atoms with Crippen LogP contribution >= 0.6 is 11.3 Å². The Hall–Kier alpha value is -2.45. The van der Waals surface area contributed by atoms with E-state index in [1.807, 2.05) is 23.6 Å². The minimum atomic E-state index is -0.966. The molecule has 1 amide bonds. The number of esters is 1. The summed E-state index contributed by atoms with van der Waals surface area (Å²) in [5, 5.41) is 10.9. The highest BCUT2D eigenvalue weighted by atomic mass is 32.1. The molecule has 1 aliphatic rings. The van der Waals surface area contributed by atoms with Crippen LogP contribution in [0.4, 0.5) is 0 Å². The molecule has 3 heterocycles. The maximum atomic E-state index is 12.9. The molecule has 27 heavy (non-hydrogen) atoms. The maximum absolute atomic E-state index is 12.9. The van der Waals surface area contributed by atoms with E-state index in [9.17, 15) is 9.59 Å². The Morgan fingerprint density at radius 3 is 2.85 bits per heavy atom. The van der Waals surface area contributed by atoms with Gasteiger partial charge in [-0.15, -0.1) is 11.3 Å². The van der Waals surface area contributed by atoms with Gasteiger partial charge in [-0.3, -0.25) is 14.9 Å². The molecule has 2 aromatic rings. The highest BCUT2D eigenvalue weighted by Gasteiger charge is 2.36. The van der Waals surface area contributed by atoms with Crippen LogP contribution < -0.4 is 5.32 Å². The smallest absolute Gasteiger partial charge is 0.325 e. The van der Waals surface area contributed by atoms with Crippen molar-refractivity contribution in [2.45, 2.75) is 38.8 Å². The molecule has 144 valence electrons. The highest BCUT2D eigenvalue weighted by molar-refractivity contribution is 7.12. The summed E-state index contributed by atoms with van der Waals surface area (Å²) in [6.45, 7) is 5.38. The number of carbonyl (C=O) groups excluding carboxylic acids is 2. The van der Waals surface area contributed by atoms with E-state index in [0.29, 0.717) is 18.8 Å². The van der Waals surface area contributed by atoms with Gasteiger partial charge in [0.15, 0.2) is 0 Å². The van der Waals surface area contributed by atoms with E-state index in [2.05, 4.69) is 10.4 Å². The lowest BCUT2D eigenvalue weighted by atomic mass is 10.1. The Labute approximate surface area is 162 Å². The number of amides is 1. The van der Waals surface area contributed by atoms with Gasteiger partial charge >= 0.3 is 5.97 Å². The fourth-order valence-electron chi connectivity index (χ4n) is 2.80. The third-order valence-electron chi connectivity index (χ3n) is 4.31. The average molecular weight is 389 g/mol. The third kappa shape index (κ3) is 4.28. The van der Waals surface area contributed by atoms with Gasteiger partial charge in [-0.05, 0) is 44.4 Å². The Bertz CT molecular complexity index is 812. The van der Waals surface area contributed by atoms with Crippen molar-refractivity contribution < 1.29 is 18.7 Å². The number of furan rings is 1. The minimum absolute atomic E-state index is 0.0375. The second-order valence-electron chi connectivity index (χ2n) is 6.70. The van der Waals surface area contributed by atoms with Crippen molar-refractivity contribution in [1.29, 1.82) is 0 Å². The van der Waals surface area contributed by atoms with Crippen molar-refractivity contribution >= 4 is 28.9 Å². The molecule has 8 heteroatoms. The second kappa shape index (κ2) is 8.06. The van der Waals surface area contributed by atoms with Crippen molar-refractivity contribution in [3.05, 3.63) is 46.5 Å². The van der Waals surface area contributed by atoms with Gasteiger partial charge in [-0.25, -0.2) is 5.01 Å². The molecule has 1 atom stereocenters. The SMILES string of the molecule is CCOC(=O)C(C)(C)NCC(=O)N1N=C(c2cccs2)CC1c1ccco1. The van der Waals surface area contributed by atoms with E-state index in [1.165, 1.54) is 5.01 Å². The van der Waals surface area contributed by atoms with Crippen molar-refractivity contribution in [3.8, 4) is 0 Å². The van der Waals surface area contributed by atoms with Gasteiger partial charge in [0.1, 0.15) is 17.3 Å². The molecule has 7 nitrogen and oxygen atoms in total. The lowest BCUT2D eigenvalue weighted by Gasteiger charge is -2.26. The Balaban J connectivity index is 1.74. The zero-order valence-electron chi connectivity index (χ0n) is 15.6. The topological polar surface area (TPSA) is 84.1 Å². The minimum Gasteiger partial charge on any atom is -0.467 e.